The van der Waals surface area contributed by atoms with Crippen LogP contribution in [0.25, 0.3) is 0 Å². The Labute approximate surface area is 123 Å². The van der Waals surface area contributed by atoms with Crippen molar-refractivity contribution in [3.05, 3.63) is 16.5 Å². The minimum Gasteiger partial charge on any atom is -0.452 e. The molecule has 0 unspecified atom stereocenters. The van der Waals surface area contributed by atoms with E-state index in [9.17, 15) is 8.42 Å². The van der Waals surface area contributed by atoms with Crippen LogP contribution in [0.4, 0.5) is 0 Å². The van der Waals surface area contributed by atoms with E-state index < -0.39 is 10.0 Å². The van der Waals surface area contributed by atoms with Gasteiger partial charge in [-0.25, -0.2) is 8.42 Å². The summed E-state index contributed by atoms with van der Waals surface area (Å²) in [5, 5.41) is 3.18. The molecule has 19 heavy (non-hydrogen) atoms. The molecule has 110 valence electrons. The monoisotopic (exact) mass is 352 g/mol. The fourth-order valence-electron chi connectivity index (χ4n) is 1.75. The van der Waals surface area contributed by atoms with Crippen LogP contribution in [-0.4, -0.2) is 32.4 Å². The Bertz CT molecular complexity index is 495. The molecule has 0 aromatic carbocycles. The highest BCUT2D eigenvalue weighted by molar-refractivity contribution is 9.10. The largest absolute Gasteiger partial charge is 0.452 e. The molecule has 7 heteroatoms. The van der Waals surface area contributed by atoms with Crippen molar-refractivity contribution in [2.45, 2.75) is 38.6 Å². The average molecular weight is 353 g/mol. The lowest BCUT2D eigenvalue weighted by Crippen LogP contribution is -2.30. The second kappa shape index (κ2) is 7.42. The molecular weight excluding hydrogens is 332 g/mol. The molecule has 0 aliphatic carbocycles. The molecule has 1 rings (SSSR count). The van der Waals surface area contributed by atoms with Crippen molar-refractivity contribution in [2.75, 3.05) is 19.6 Å². The number of nitrogens with zero attached hydrogens (tertiary/aromatic N) is 1. The molecule has 0 bridgehead atoms. The molecule has 1 heterocycles. The molecule has 0 aliphatic heterocycles. The van der Waals surface area contributed by atoms with E-state index in [1.807, 2.05) is 13.8 Å². The van der Waals surface area contributed by atoms with Gasteiger partial charge in [-0.15, -0.1) is 0 Å². The number of nitrogens with one attached hydrogen (secondary N) is 1. The molecule has 0 saturated heterocycles. The van der Waals surface area contributed by atoms with Gasteiger partial charge in [0.1, 0.15) is 10.7 Å². The zero-order valence-electron chi connectivity index (χ0n) is 11.6. The third-order valence-corrected chi connectivity index (χ3v) is 5.66. The number of sulfonamides is 1. The van der Waals surface area contributed by atoms with Gasteiger partial charge in [-0.3, -0.25) is 0 Å². The Balaban J connectivity index is 2.95. The van der Waals surface area contributed by atoms with Gasteiger partial charge in [0.2, 0.25) is 10.0 Å². The Morgan fingerprint density at radius 3 is 2.47 bits per heavy atom. The molecule has 1 aromatic heterocycles. The van der Waals surface area contributed by atoms with E-state index in [-0.39, 0.29) is 9.56 Å². The van der Waals surface area contributed by atoms with Gasteiger partial charge in [0, 0.05) is 19.2 Å². The zero-order chi connectivity index (χ0) is 14.5. The molecule has 0 aliphatic rings. The van der Waals surface area contributed by atoms with Crippen LogP contribution in [0.3, 0.4) is 0 Å². The Morgan fingerprint density at radius 1 is 1.32 bits per heavy atom. The van der Waals surface area contributed by atoms with Crippen molar-refractivity contribution in [1.82, 2.24) is 9.62 Å². The van der Waals surface area contributed by atoms with Gasteiger partial charge < -0.3 is 9.73 Å². The van der Waals surface area contributed by atoms with Crippen molar-refractivity contribution in [2.24, 2.45) is 0 Å². The van der Waals surface area contributed by atoms with Crippen LogP contribution in [-0.2, 0) is 16.6 Å². The van der Waals surface area contributed by atoms with Crippen LogP contribution in [0.1, 0.15) is 33.0 Å². The second-order valence-corrected chi connectivity index (χ2v) is 6.74. The van der Waals surface area contributed by atoms with Crippen LogP contribution in [0.5, 0.6) is 0 Å². The summed E-state index contributed by atoms with van der Waals surface area (Å²) < 4.78 is 31.9. The smallest absolute Gasteiger partial charge is 0.247 e. The van der Waals surface area contributed by atoms with Crippen molar-refractivity contribution >= 4 is 26.0 Å². The predicted octanol–water partition coefficient (Wildman–Crippen LogP) is 2.57. The highest BCUT2D eigenvalue weighted by atomic mass is 79.9. The summed E-state index contributed by atoms with van der Waals surface area (Å²) in [7, 11) is -3.48. The molecule has 0 saturated carbocycles. The molecule has 0 atom stereocenters. The van der Waals surface area contributed by atoms with Crippen LogP contribution in [0, 0.1) is 0 Å². The summed E-state index contributed by atoms with van der Waals surface area (Å²) in [6, 6.07) is 1.58. The third-order valence-electron chi connectivity index (χ3n) is 2.76. The first-order valence-corrected chi connectivity index (χ1v) is 8.69. The van der Waals surface area contributed by atoms with Gasteiger partial charge in [-0.05, 0) is 28.9 Å². The van der Waals surface area contributed by atoms with Crippen molar-refractivity contribution in [3.63, 3.8) is 0 Å². The van der Waals surface area contributed by atoms with E-state index >= 15 is 0 Å². The third kappa shape index (κ3) is 4.05. The summed E-state index contributed by atoms with van der Waals surface area (Å²) in [6.07, 6.45) is 1.02. The Morgan fingerprint density at radius 2 is 1.95 bits per heavy atom. The summed E-state index contributed by atoms with van der Waals surface area (Å²) >= 11 is 3.19. The minimum absolute atomic E-state index is 0.199. The molecule has 5 nitrogen and oxygen atoms in total. The van der Waals surface area contributed by atoms with Crippen LogP contribution in [0.15, 0.2) is 20.0 Å². The summed E-state index contributed by atoms with van der Waals surface area (Å²) in [5.41, 5.74) is 0. The van der Waals surface area contributed by atoms with Crippen molar-refractivity contribution in [3.8, 4) is 0 Å². The first-order valence-electron chi connectivity index (χ1n) is 6.46. The highest BCUT2D eigenvalue weighted by Gasteiger charge is 2.27. The van der Waals surface area contributed by atoms with E-state index in [2.05, 4.69) is 28.2 Å². The number of halogens is 1. The van der Waals surface area contributed by atoms with E-state index in [1.165, 1.54) is 4.31 Å². The van der Waals surface area contributed by atoms with E-state index in [0.717, 1.165) is 13.0 Å². The molecule has 0 spiro atoms. The molecule has 1 N–H and O–H groups in total. The number of rotatable bonds is 8. The highest BCUT2D eigenvalue weighted by Crippen LogP contribution is 2.28. The average Bonchev–Trinajstić information content (AvgIpc) is 2.73. The Hall–Kier alpha value is -0.370. The normalized spacial score (nSPS) is 12.3. The van der Waals surface area contributed by atoms with Gasteiger partial charge in [0.25, 0.3) is 0 Å². The van der Waals surface area contributed by atoms with Crippen molar-refractivity contribution < 1.29 is 12.8 Å². The van der Waals surface area contributed by atoms with Crippen LogP contribution < -0.4 is 5.32 Å². The van der Waals surface area contributed by atoms with Crippen LogP contribution >= 0.6 is 15.9 Å². The standard InChI is InChI=1S/C12H21BrN2O3S/c1-4-7-14-9-10-8-11(12(13)18-10)19(16,17)15(5-2)6-3/h8,14H,4-7,9H2,1-3H3. The topological polar surface area (TPSA) is 62.6 Å². The van der Waals surface area contributed by atoms with Gasteiger partial charge in [0.05, 0.1) is 6.54 Å². The minimum atomic E-state index is -3.48. The summed E-state index contributed by atoms with van der Waals surface area (Å²) in [4.78, 5) is 0.199. The van der Waals surface area contributed by atoms with Gasteiger partial charge >= 0.3 is 0 Å². The van der Waals surface area contributed by atoms with Crippen LogP contribution in [0.2, 0.25) is 0 Å². The quantitative estimate of drug-likeness (QED) is 0.730. The SMILES string of the molecule is CCCNCc1cc(S(=O)(=O)N(CC)CC)c(Br)o1. The van der Waals surface area contributed by atoms with Gasteiger partial charge in [-0.1, -0.05) is 20.8 Å². The maximum absolute atomic E-state index is 12.4. The fraction of sp³-hybridized carbons (Fsp3) is 0.667. The lowest BCUT2D eigenvalue weighted by atomic mass is 10.4. The lowest BCUT2D eigenvalue weighted by molar-refractivity contribution is 0.438. The lowest BCUT2D eigenvalue weighted by Gasteiger charge is -2.17. The predicted molar refractivity (Wildman–Crippen MR) is 78.5 cm³/mol. The summed E-state index contributed by atoms with van der Waals surface area (Å²) in [5.74, 6) is 0.617. The summed E-state index contributed by atoms with van der Waals surface area (Å²) in [6.45, 7) is 8.00. The maximum atomic E-state index is 12.4. The molecule has 0 radical (unpaired) electrons. The van der Waals surface area contributed by atoms with E-state index in [4.69, 9.17) is 4.42 Å². The Kier molecular flexibility index (Phi) is 6.52. The molecule has 1 aromatic rings. The number of hydrogen-bond acceptors (Lipinski definition) is 4. The first kappa shape index (κ1) is 16.7. The number of hydrogen-bond donors (Lipinski definition) is 1. The van der Waals surface area contributed by atoms with Crippen molar-refractivity contribution in [1.29, 1.82) is 0 Å². The van der Waals surface area contributed by atoms with Gasteiger partial charge in [-0.2, -0.15) is 4.31 Å². The molecule has 0 amide bonds. The van der Waals surface area contributed by atoms with E-state index in [1.54, 1.807) is 6.07 Å². The van der Waals surface area contributed by atoms with Gasteiger partial charge in [0.15, 0.2) is 4.67 Å². The maximum Gasteiger partial charge on any atom is 0.247 e. The zero-order valence-corrected chi connectivity index (χ0v) is 14.0. The fourth-order valence-corrected chi connectivity index (χ4v) is 4.17. The first-order chi connectivity index (χ1) is 8.97. The second-order valence-electron chi connectivity index (χ2n) is 4.12. The molecule has 0 fully saturated rings. The molecular formula is C12H21BrN2O3S. The number of furan rings is 1. The van der Waals surface area contributed by atoms with E-state index in [0.29, 0.717) is 25.4 Å².